The van der Waals surface area contributed by atoms with Gasteiger partial charge in [-0.05, 0) is 23.1 Å². The lowest BCUT2D eigenvalue weighted by Crippen LogP contribution is -2.25. The van der Waals surface area contributed by atoms with E-state index in [1.807, 2.05) is 26.8 Å². The molecule has 26 heavy (non-hydrogen) atoms. The summed E-state index contributed by atoms with van der Waals surface area (Å²) in [6.45, 7) is 5.77. The molecule has 0 spiro atoms. The van der Waals surface area contributed by atoms with Crippen LogP contribution in [0, 0.1) is 0 Å². The SMILES string of the molecule is COc1ccc(C(C)(C)C)cc1S(=O)(=O)NCc1ncc(C(=O)O)cn1. The summed E-state index contributed by atoms with van der Waals surface area (Å²) in [5.74, 6) is -0.766. The smallest absolute Gasteiger partial charge is 0.338 e. The van der Waals surface area contributed by atoms with Crippen LogP contribution in [0.25, 0.3) is 0 Å². The number of aromatic carboxylic acids is 1. The Balaban J connectivity index is 2.27. The summed E-state index contributed by atoms with van der Waals surface area (Å²) in [7, 11) is -2.48. The topological polar surface area (TPSA) is 118 Å². The predicted molar refractivity (Wildman–Crippen MR) is 94.7 cm³/mol. The van der Waals surface area contributed by atoms with E-state index in [1.165, 1.54) is 7.11 Å². The van der Waals surface area contributed by atoms with E-state index >= 15 is 0 Å². The number of rotatable bonds is 6. The van der Waals surface area contributed by atoms with Crippen LogP contribution >= 0.6 is 0 Å². The van der Waals surface area contributed by atoms with Gasteiger partial charge in [0, 0.05) is 12.4 Å². The first kappa shape index (κ1) is 19.8. The van der Waals surface area contributed by atoms with Gasteiger partial charge >= 0.3 is 5.97 Å². The molecular weight excluding hydrogens is 358 g/mol. The normalized spacial score (nSPS) is 12.0. The Morgan fingerprint density at radius 2 is 1.85 bits per heavy atom. The molecule has 0 aliphatic rings. The van der Waals surface area contributed by atoms with Crippen molar-refractivity contribution in [3.8, 4) is 5.75 Å². The molecule has 1 aromatic heterocycles. The summed E-state index contributed by atoms with van der Waals surface area (Å²) in [4.78, 5) is 18.5. The number of carbonyl (C=O) groups is 1. The van der Waals surface area contributed by atoms with Gasteiger partial charge in [-0.2, -0.15) is 0 Å². The molecule has 9 heteroatoms. The fourth-order valence-corrected chi connectivity index (χ4v) is 3.32. The van der Waals surface area contributed by atoms with Crippen molar-refractivity contribution in [2.45, 2.75) is 37.6 Å². The average molecular weight is 379 g/mol. The second-order valence-corrected chi connectivity index (χ2v) is 8.37. The molecule has 0 saturated carbocycles. The molecule has 0 bridgehead atoms. The van der Waals surface area contributed by atoms with Crippen LogP contribution in [0.1, 0.15) is 42.5 Å². The number of carboxylic acid groups (broad SMARTS) is 1. The second-order valence-electron chi connectivity index (χ2n) is 6.63. The molecule has 0 saturated heterocycles. The number of ether oxygens (including phenoxy) is 1. The lowest BCUT2D eigenvalue weighted by Gasteiger charge is -2.21. The number of sulfonamides is 1. The number of nitrogens with zero attached hydrogens (tertiary/aromatic N) is 2. The van der Waals surface area contributed by atoms with Crippen LogP contribution in [0.5, 0.6) is 5.75 Å². The first-order chi connectivity index (χ1) is 12.0. The number of methoxy groups -OCH3 is 1. The molecule has 0 amide bonds. The van der Waals surface area contributed by atoms with E-state index in [4.69, 9.17) is 9.84 Å². The monoisotopic (exact) mass is 379 g/mol. The third-order valence-corrected chi connectivity index (χ3v) is 5.11. The zero-order chi connectivity index (χ0) is 19.5. The molecule has 0 unspecified atom stereocenters. The highest BCUT2D eigenvalue weighted by atomic mass is 32.2. The average Bonchev–Trinajstić information content (AvgIpc) is 2.59. The van der Waals surface area contributed by atoms with E-state index in [2.05, 4.69) is 14.7 Å². The molecule has 0 aliphatic heterocycles. The van der Waals surface area contributed by atoms with Crippen LogP contribution in [0.4, 0.5) is 0 Å². The van der Waals surface area contributed by atoms with Crippen molar-refractivity contribution in [1.82, 2.24) is 14.7 Å². The van der Waals surface area contributed by atoms with Crippen LogP contribution in [0.2, 0.25) is 0 Å². The van der Waals surface area contributed by atoms with Crippen molar-refractivity contribution in [3.63, 3.8) is 0 Å². The summed E-state index contributed by atoms with van der Waals surface area (Å²) in [5, 5.41) is 8.83. The zero-order valence-corrected chi connectivity index (χ0v) is 15.8. The van der Waals surface area contributed by atoms with Crippen molar-refractivity contribution < 1.29 is 23.1 Å². The molecule has 0 radical (unpaired) electrons. The van der Waals surface area contributed by atoms with E-state index in [1.54, 1.807) is 12.1 Å². The molecule has 2 aromatic rings. The van der Waals surface area contributed by atoms with Crippen molar-refractivity contribution in [2.24, 2.45) is 0 Å². The van der Waals surface area contributed by atoms with Crippen LogP contribution in [0.3, 0.4) is 0 Å². The summed E-state index contributed by atoms with van der Waals surface area (Å²) in [5.41, 5.74) is 0.545. The Bertz CT molecular complexity index is 903. The van der Waals surface area contributed by atoms with E-state index in [0.29, 0.717) is 0 Å². The van der Waals surface area contributed by atoms with Crippen molar-refractivity contribution in [2.75, 3.05) is 7.11 Å². The van der Waals surface area contributed by atoms with E-state index in [-0.39, 0.29) is 34.0 Å². The highest BCUT2D eigenvalue weighted by Crippen LogP contribution is 2.30. The highest BCUT2D eigenvalue weighted by molar-refractivity contribution is 7.89. The Morgan fingerprint density at radius 1 is 1.23 bits per heavy atom. The maximum atomic E-state index is 12.7. The Labute approximate surface area is 152 Å². The minimum atomic E-state index is -3.88. The van der Waals surface area contributed by atoms with E-state index < -0.39 is 16.0 Å². The third-order valence-electron chi connectivity index (χ3n) is 3.69. The fraction of sp³-hybridized carbons (Fsp3) is 0.353. The van der Waals surface area contributed by atoms with Gasteiger partial charge < -0.3 is 9.84 Å². The maximum absolute atomic E-state index is 12.7. The lowest BCUT2D eigenvalue weighted by atomic mass is 9.87. The number of hydrogen-bond donors (Lipinski definition) is 2. The molecule has 140 valence electrons. The largest absolute Gasteiger partial charge is 0.495 e. The van der Waals surface area contributed by atoms with Gasteiger partial charge in [0.15, 0.2) is 0 Å². The lowest BCUT2D eigenvalue weighted by molar-refractivity contribution is 0.0696. The molecule has 0 aliphatic carbocycles. The maximum Gasteiger partial charge on any atom is 0.338 e. The zero-order valence-electron chi connectivity index (χ0n) is 15.0. The fourth-order valence-electron chi connectivity index (χ4n) is 2.15. The number of nitrogens with one attached hydrogen (secondary N) is 1. The third kappa shape index (κ3) is 4.55. The number of benzene rings is 1. The highest BCUT2D eigenvalue weighted by Gasteiger charge is 2.23. The molecule has 0 fully saturated rings. The van der Waals surface area contributed by atoms with Gasteiger partial charge in [-0.3, -0.25) is 0 Å². The van der Waals surface area contributed by atoms with Gasteiger partial charge in [-0.25, -0.2) is 27.9 Å². The molecule has 2 N–H and O–H groups in total. The summed E-state index contributed by atoms with van der Waals surface area (Å²) in [6, 6.07) is 5.02. The quantitative estimate of drug-likeness (QED) is 0.787. The van der Waals surface area contributed by atoms with Gasteiger partial charge in [-0.1, -0.05) is 26.8 Å². The first-order valence-corrected chi connectivity index (χ1v) is 9.25. The summed E-state index contributed by atoms with van der Waals surface area (Å²) in [6.07, 6.45) is 2.25. The van der Waals surface area contributed by atoms with Gasteiger partial charge in [0.1, 0.15) is 16.5 Å². The molecule has 8 nitrogen and oxygen atoms in total. The molecule has 1 heterocycles. The van der Waals surface area contributed by atoms with Crippen molar-refractivity contribution >= 4 is 16.0 Å². The molecule has 1 aromatic carbocycles. The molecule has 2 rings (SSSR count). The standard InChI is InChI=1S/C17H21N3O5S/c1-17(2,3)12-5-6-13(25-4)14(7-12)26(23,24)20-10-15-18-8-11(9-19-15)16(21)22/h5-9,20H,10H2,1-4H3,(H,21,22). The van der Waals surface area contributed by atoms with E-state index in [0.717, 1.165) is 18.0 Å². The molecular formula is C17H21N3O5S. The number of carboxylic acids is 1. The van der Waals surface area contributed by atoms with Gasteiger partial charge in [-0.15, -0.1) is 0 Å². The summed E-state index contributed by atoms with van der Waals surface area (Å²) < 4.78 is 33.0. The Morgan fingerprint density at radius 3 is 2.35 bits per heavy atom. The predicted octanol–water partition coefficient (Wildman–Crippen LogP) is 1.96. The minimum absolute atomic E-state index is 0.0228. The van der Waals surface area contributed by atoms with Crippen LogP contribution < -0.4 is 9.46 Å². The van der Waals surface area contributed by atoms with Crippen LogP contribution in [-0.2, 0) is 22.0 Å². The van der Waals surface area contributed by atoms with Crippen molar-refractivity contribution in [1.29, 1.82) is 0 Å². The second kappa shape index (κ2) is 7.38. The van der Waals surface area contributed by atoms with Gasteiger partial charge in [0.25, 0.3) is 0 Å². The van der Waals surface area contributed by atoms with E-state index in [9.17, 15) is 13.2 Å². The Kier molecular flexibility index (Phi) is 5.62. The summed E-state index contributed by atoms with van der Waals surface area (Å²) >= 11 is 0. The van der Waals surface area contributed by atoms with Gasteiger partial charge in [0.2, 0.25) is 10.0 Å². The Hall–Kier alpha value is -2.52. The minimum Gasteiger partial charge on any atom is -0.495 e. The first-order valence-electron chi connectivity index (χ1n) is 7.77. The number of aromatic nitrogens is 2. The number of hydrogen-bond acceptors (Lipinski definition) is 6. The van der Waals surface area contributed by atoms with Crippen molar-refractivity contribution in [3.05, 3.63) is 47.5 Å². The van der Waals surface area contributed by atoms with Crippen LogP contribution in [0.15, 0.2) is 35.5 Å². The molecule has 0 atom stereocenters. The van der Waals surface area contributed by atoms with Gasteiger partial charge in [0.05, 0.1) is 19.2 Å². The van der Waals surface area contributed by atoms with Crippen LogP contribution in [-0.4, -0.2) is 36.6 Å².